The maximum absolute atomic E-state index is 13.3. The Balaban J connectivity index is 1.37. The minimum Gasteiger partial charge on any atom is -0.380 e. The molecule has 3 aliphatic heterocycles. The lowest BCUT2D eigenvalue weighted by atomic mass is 10.0. The van der Waals surface area contributed by atoms with Gasteiger partial charge in [0.15, 0.2) is 6.29 Å². The quantitative estimate of drug-likeness (QED) is 0.595. The highest BCUT2D eigenvalue weighted by molar-refractivity contribution is 6.02. The molecular formula is C26H29N7O4. The summed E-state index contributed by atoms with van der Waals surface area (Å²) in [5.74, 6) is 0.849. The summed E-state index contributed by atoms with van der Waals surface area (Å²) in [7, 11) is 1.67. The third-order valence-electron chi connectivity index (χ3n) is 7.22. The number of hydrogen-bond donors (Lipinski definition) is 1. The number of aryl methyl sites for hydroxylation is 1. The fourth-order valence-corrected chi connectivity index (χ4v) is 5.24. The molecule has 2 aromatic rings. The van der Waals surface area contributed by atoms with E-state index in [1.807, 2.05) is 6.07 Å². The third-order valence-corrected chi connectivity index (χ3v) is 7.22. The minimum absolute atomic E-state index is 0.0801. The Labute approximate surface area is 215 Å². The van der Waals surface area contributed by atoms with Crippen LogP contribution in [-0.4, -0.2) is 72.5 Å². The first-order chi connectivity index (χ1) is 18.0. The van der Waals surface area contributed by atoms with Gasteiger partial charge in [-0.1, -0.05) is 0 Å². The monoisotopic (exact) mass is 503 g/mol. The molecule has 0 saturated carbocycles. The van der Waals surface area contributed by atoms with Crippen molar-refractivity contribution in [1.82, 2.24) is 14.9 Å². The molecule has 0 radical (unpaired) electrons. The zero-order valence-electron chi connectivity index (χ0n) is 20.8. The molecule has 37 heavy (non-hydrogen) atoms. The number of rotatable bonds is 6. The molecule has 2 fully saturated rings. The fourth-order valence-electron chi connectivity index (χ4n) is 5.24. The molecule has 1 atom stereocenters. The number of urea groups is 1. The standard InChI is InChI=1S/C26H29N7O4/c1-37-20-6-9-31(15-20)22-11-23(28-13-19(22)12-27)30-26(36)33-8-2-4-17-10-18(21(16-34)29-25(17)33)14-32-7-3-5-24(32)35/h10-11,13,16,20H,2-9,14-15H2,1H3,(H,28,30,36). The second-order valence-electron chi connectivity index (χ2n) is 9.53. The van der Waals surface area contributed by atoms with Gasteiger partial charge in [0.05, 0.1) is 17.4 Å². The first kappa shape index (κ1) is 24.6. The van der Waals surface area contributed by atoms with Crippen molar-refractivity contribution in [1.29, 1.82) is 5.26 Å². The van der Waals surface area contributed by atoms with E-state index >= 15 is 0 Å². The van der Waals surface area contributed by atoms with E-state index in [2.05, 4.69) is 26.3 Å². The SMILES string of the molecule is COC1CCN(c2cc(NC(=O)N3CCCc4cc(CN5CCCC5=O)c(C=O)nc43)ncc2C#N)C1. The topological polar surface area (TPSA) is 132 Å². The maximum atomic E-state index is 13.3. The van der Waals surface area contributed by atoms with E-state index in [4.69, 9.17) is 4.74 Å². The minimum atomic E-state index is -0.410. The van der Waals surface area contributed by atoms with Crippen LogP contribution in [0, 0.1) is 11.3 Å². The summed E-state index contributed by atoms with van der Waals surface area (Å²) in [5, 5.41) is 12.4. The Morgan fingerprint density at radius 2 is 2.11 bits per heavy atom. The molecule has 5 heterocycles. The number of fused-ring (bicyclic) bond motifs is 1. The molecule has 3 amide bonds. The average Bonchev–Trinajstić information content (AvgIpc) is 3.56. The highest BCUT2D eigenvalue weighted by Crippen LogP contribution is 2.30. The van der Waals surface area contributed by atoms with E-state index in [0.717, 1.165) is 37.8 Å². The van der Waals surface area contributed by atoms with Crippen LogP contribution in [0.4, 0.5) is 22.1 Å². The molecule has 5 rings (SSSR count). The average molecular weight is 504 g/mol. The second kappa shape index (κ2) is 10.5. The number of aldehydes is 1. The Morgan fingerprint density at radius 3 is 2.81 bits per heavy atom. The molecule has 192 valence electrons. The molecule has 11 heteroatoms. The first-order valence-corrected chi connectivity index (χ1v) is 12.5. The predicted octanol–water partition coefficient (Wildman–Crippen LogP) is 2.49. The Bertz CT molecular complexity index is 1270. The fraction of sp³-hybridized carbons (Fsp3) is 0.462. The lowest BCUT2D eigenvalue weighted by Gasteiger charge is -2.29. The van der Waals surface area contributed by atoms with Gasteiger partial charge in [-0.2, -0.15) is 5.26 Å². The lowest BCUT2D eigenvalue weighted by molar-refractivity contribution is -0.128. The highest BCUT2D eigenvalue weighted by Gasteiger charge is 2.29. The third kappa shape index (κ3) is 4.97. The van der Waals surface area contributed by atoms with E-state index in [1.54, 1.807) is 18.1 Å². The number of hydrogen-bond acceptors (Lipinski definition) is 8. The van der Waals surface area contributed by atoms with E-state index in [-0.39, 0.29) is 17.7 Å². The highest BCUT2D eigenvalue weighted by atomic mass is 16.5. The molecule has 0 spiro atoms. The number of carbonyl (C=O) groups excluding carboxylic acids is 3. The van der Waals surface area contributed by atoms with Crippen molar-refractivity contribution < 1.29 is 19.1 Å². The van der Waals surface area contributed by atoms with Gasteiger partial charge in [-0.25, -0.2) is 14.8 Å². The molecule has 0 aliphatic carbocycles. The molecule has 0 aromatic carbocycles. The maximum Gasteiger partial charge on any atom is 0.328 e. The number of amides is 3. The zero-order valence-corrected chi connectivity index (χ0v) is 20.8. The summed E-state index contributed by atoms with van der Waals surface area (Å²) in [5.41, 5.74) is 2.93. The molecule has 1 N–H and O–H groups in total. The largest absolute Gasteiger partial charge is 0.380 e. The Morgan fingerprint density at radius 1 is 1.27 bits per heavy atom. The van der Waals surface area contributed by atoms with Crippen molar-refractivity contribution in [2.75, 3.05) is 48.4 Å². The van der Waals surface area contributed by atoms with Crippen LogP contribution < -0.4 is 15.1 Å². The summed E-state index contributed by atoms with van der Waals surface area (Å²) in [4.78, 5) is 51.4. The van der Waals surface area contributed by atoms with Gasteiger partial charge in [-0.15, -0.1) is 0 Å². The second-order valence-corrected chi connectivity index (χ2v) is 9.53. The number of anilines is 3. The van der Waals surface area contributed by atoms with Gasteiger partial charge in [0.1, 0.15) is 23.4 Å². The summed E-state index contributed by atoms with van der Waals surface area (Å²) >= 11 is 0. The van der Waals surface area contributed by atoms with Crippen LogP contribution in [0.5, 0.6) is 0 Å². The van der Waals surface area contributed by atoms with Crippen LogP contribution in [0.25, 0.3) is 0 Å². The van der Waals surface area contributed by atoms with E-state index < -0.39 is 6.03 Å². The number of pyridine rings is 2. The van der Waals surface area contributed by atoms with Crippen LogP contribution in [0.1, 0.15) is 52.9 Å². The van der Waals surface area contributed by atoms with Crippen molar-refractivity contribution in [2.45, 2.75) is 44.8 Å². The number of nitriles is 1. The van der Waals surface area contributed by atoms with Crippen LogP contribution in [0.15, 0.2) is 18.3 Å². The summed E-state index contributed by atoms with van der Waals surface area (Å²) in [6, 6.07) is 5.37. The number of likely N-dealkylation sites (tertiary alicyclic amines) is 1. The zero-order chi connectivity index (χ0) is 25.9. The molecule has 11 nitrogen and oxygen atoms in total. The molecular weight excluding hydrogens is 474 g/mol. The van der Waals surface area contributed by atoms with Crippen molar-refractivity contribution in [3.63, 3.8) is 0 Å². The summed E-state index contributed by atoms with van der Waals surface area (Å²) < 4.78 is 5.45. The van der Waals surface area contributed by atoms with Crippen molar-refractivity contribution in [2.24, 2.45) is 0 Å². The van der Waals surface area contributed by atoms with Crippen LogP contribution >= 0.6 is 0 Å². The molecule has 2 saturated heterocycles. The van der Waals surface area contributed by atoms with E-state index in [0.29, 0.717) is 67.3 Å². The first-order valence-electron chi connectivity index (χ1n) is 12.5. The van der Waals surface area contributed by atoms with Crippen molar-refractivity contribution in [3.8, 4) is 6.07 Å². The van der Waals surface area contributed by atoms with Gasteiger partial charge >= 0.3 is 6.03 Å². The van der Waals surface area contributed by atoms with Crippen LogP contribution in [-0.2, 0) is 22.5 Å². The normalized spacial score (nSPS) is 19.1. The Hall–Kier alpha value is -4.04. The van der Waals surface area contributed by atoms with E-state index in [1.165, 1.54) is 11.1 Å². The van der Waals surface area contributed by atoms with Gasteiger partial charge in [0, 0.05) is 64.1 Å². The number of methoxy groups -OCH3 is 1. The van der Waals surface area contributed by atoms with Crippen LogP contribution in [0.3, 0.4) is 0 Å². The molecule has 3 aliphatic rings. The van der Waals surface area contributed by atoms with E-state index in [9.17, 15) is 19.6 Å². The summed E-state index contributed by atoms with van der Waals surface area (Å²) in [6.45, 7) is 2.86. The smallest absolute Gasteiger partial charge is 0.328 e. The van der Waals surface area contributed by atoms with Crippen LogP contribution in [0.2, 0.25) is 0 Å². The molecule has 2 aromatic heterocycles. The Kier molecular flexibility index (Phi) is 7.01. The van der Waals surface area contributed by atoms with Crippen molar-refractivity contribution in [3.05, 3.63) is 40.7 Å². The molecule has 1 unspecified atom stereocenters. The van der Waals surface area contributed by atoms with Crippen molar-refractivity contribution >= 4 is 35.5 Å². The number of nitrogens with zero attached hydrogens (tertiary/aromatic N) is 6. The lowest BCUT2D eigenvalue weighted by Crippen LogP contribution is -2.40. The van der Waals surface area contributed by atoms with Gasteiger partial charge in [0.2, 0.25) is 5.91 Å². The predicted molar refractivity (Wildman–Crippen MR) is 136 cm³/mol. The molecule has 0 bridgehead atoms. The van der Waals surface area contributed by atoms with Gasteiger partial charge < -0.3 is 14.5 Å². The number of aromatic nitrogens is 2. The summed E-state index contributed by atoms with van der Waals surface area (Å²) in [6.07, 6.45) is 5.89. The van der Waals surface area contributed by atoms with Gasteiger partial charge in [-0.3, -0.25) is 19.8 Å². The van der Waals surface area contributed by atoms with Gasteiger partial charge in [-0.05, 0) is 37.3 Å². The number of carbonyl (C=O) groups is 3. The van der Waals surface area contributed by atoms with Gasteiger partial charge in [0.25, 0.3) is 0 Å². The number of nitrogens with one attached hydrogen (secondary N) is 1. The number of ether oxygens (including phenoxy) is 1.